The molecule has 10 heteroatoms. The Hall–Kier alpha value is -3.30. The molecule has 0 radical (unpaired) electrons. The maximum atomic E-state index is 14.2. The largest absolute Gasteiger partial charge is 0.481 e. The third kappa shape index (κ3) is 3.14. The number of anilines is 1. The minimum absolute atomic E-state index is 0.0229. The summed E-state index contributed by atoms with van der Waals surface area (Å²) in [6.07, 6.45) is -0.240. The third-order valence-electron chi connectivity index (χ3n) is 6.72. The van der Waals surface area contributed by atoms with Crippen LogP contribution in [0.15, 0.2) is 42.5 Å². The average molecular weight is 472 g/mol. The molecule has 33 heavy (non-hydrogen) atoms. The Morgan fingerprint density at radius 2 is 1.91 bits per heavy atom. The number of rotatable bonds is 5. The van der Waals surface area contributed by atoms with Gasteiger partial charge in [-0.3, -0.25) is 29.4 Å². The molecule has 3 heterocycles. The van der Waals surface area contributed by atoms with Crippen LogP contribution in [0.5, 0.6) is 0 Å². The summed E-state index contributed by atoms with van der Waals surface area (Å²) in [7, 11) is 0. The Bertz CT molecular complexity index is 1220. The molecular formula is C23H19ClFN3O5. The van der Waals surface area contributed by atoms with Crippen molar-refractivity contribution in [3.05, 3.63) is 64.4 Å². The Balaban J connectivity index is 1.60. The lowest BCUT2D eigenvalue weighted by Crippen LogP contribution is -2.53. The Morgan fingerprint density at radius 1 is 1.15 bits per heavy atom. The molecule has 3 amide bonds. The number of halogens is 2. The van der Waals surface area contributed by atoms with E-state index in [1.807, 2.05) is 0 Å². The second kappa shape index (κ2) is 7.64. The van der Waals surface area contributed by atoms with Crippen molar-refractivity contribution >= 4 is 41.0 Å². The molecule has 170 valence electrons. The molecule has 3 aliphatic heterocycles. The van der Waals surface area contributed by atoms with E-state index < -0.39 is 52.9 Å². The molecule has 2 saturated heterocycles. The second-order valence-corrected chi connectivity index (χ2v) is 8.90. The van der Waals surface area contributed by atoms with E-state index in [-0.39, 0.29) is 24.9 Å². The minimum atomic E-state index is -1.67. The molecule has 0 aromatic heterocycles. The van der Waals surface area contributed by atoms with E-state index >= 15 is 0 Å². The normalized spacial score (nSPS) is 27.8. The van der Waals surface area contributed by atoms with Crippen LogP contribution in [0.1, 0.15) is 24.0 Å². The minimum Gasteiger partial charge on any atom is -0.481 e. The highest BCUT2D eigenvalue weighted by Crippen LogP contribution is 2.53. The monoisotopic (exact) mass is 471 g/mol. The van der Waals surface area contributed by atoms with Gasteiger partial charge in [-0.25, -0.2) is 4.39 Å². The molecule has 2 fully saturated rings. The maximum Gasteiger partial charge on any atom is 0.303 e. The summed E-state index contributed by atoms with van der Waals surface area (Å²) in [5, 5.41) is 15.3. The number of benzene rings is 2. The molecule has 0 bridgehead atoms. The lowest BCUT2D eigenvalue weighted by Gasteiger charge is -2.29. The summed E-state index contributed by atoms with van der Waals surface area (Å²) in [6.45, 7) is -0.0797. The standard InChI is InChI=1S/C23H19ClFN3O5/c24-14-4-2-1-3-11(14)10-28-20(31)18-16(7-8-17(29)30)27-23(19(18)21(28)32)13-9-12(25)5-6-15(13)26-22(23)33/h1-6,9,16,18-19,27H,7-8,10H2,(H,26,33)(H,29,30)/t16-,18-,19+,23+/m1/s1. The molecule has 2 aromatic rings. The van der Waals surface area contributed by atoms with Crippen LogP contribution in [-0.2, 0) is 31.3 Å². The maximum absolute atomic E-state index is 14.2. The van der Waals surface area contributed by atoms with Gasteiger partial charge in [0.15, 0.2) is 0 Å². The summed E-state index contributed by atoms with van der Waals surface area (Å²) < 4.78 is 14.2. The number of carbonyl (C=O) groups is 4. The van der Waals surface area contributed by atoms with E-state index in [1.54, 1.807) is 24.3 Å². The van der Waals surface area contributed by atoms with E-state index in [2.05, 4.69) is 10.6 Å². The fraction of sp³-hybridized carbons (Fsp3) is 0.304. The number of imide groups is 1. The van der Waals surface area contributed by atoms with E-state index in [0.29, 0.717) is 16.3 Å². The van der Waals surface area contributed by atoms with Crippen molar-refractivity contribution in [2.75, 3.05) is 5.32 Å². The zero-order chi connectivity index (χ0) is 23.5. The first kappa shape index (κ1) is 21.5. The van der Waals surface area contributed by atoms with Crippen molar-refractivity contribution in [3.63, 3.8) is 0 Å². The van der Waals surface area contributed by atoms with Crippen LogP contribution in [0.25, 0.3) is 0 Å². The second-order valence-electron chi connectivity index (χ2n) is 8.49. The lowest BCUT2D eigenvalue weighted by atomic mass is 9.76. The molecular weight excluding hydrogens is 453 g/mol. The zero-order valence-electron chi connectivity index (χ0n) is 17.2. The first-order valence-electron chi connectivity index (χ1n) is 10.4. The predicted molar refractivity (Wildman–Crippen MR) is 114 cm³/mol. The number of aliphatic carboxylic acids is 1. The summed E-state index contributed by atoms with van der Waals surface area (Å²) in [5.74, 6) is -5.45. The van der Waals surface area contributed by atoms with E-state index in [1.165, 1.54) is 18.2 Å². The fourth-order valence-corrected chi connectivity index (χ4v) is 5.51. The molecule has 1 spiro atoms. The molecule has 0 aliphatic carbocycles. The van der Waals surface area contributed by atoms with Gasteiger partial charge in [-0.2, -0.15) is 0 Å². The Morgan fingerprint density at radius 3 is 2.64 bits per heavy atom. The van der Waals surface area contributed by atoms with Crippen LogP contribution >= 0.6 is 11.6 Å². The quantitative estimate of drug-likeness (QED) is 0.576. The number of carboxylic acid groups (broad SMARTS) is 1. The fourth-order valence-electron chi connectivity index (χ4n) is 5.31. The van der Waals surface area contributed by atoms with Crippen LogP contribution < -0.4 is 10.6 Å². The molecule has 4 atom stereocenters. The van der Waals surface area contributed by atoms with Gasteiger partial charge in [0.05, 0.1) is 18.4 Å². The number of amides is 3. The number of nitrogens with one attached hydrogen (secondary N) is 2. The highest BCUT2D eigenvalue weighted by atomic mass is 35.5. The number of carboxylic acids is 1. The number of fused-ring (bicyclic) bond motifs is 4. The van der Waals surface area contributed by atoms with Gasteiger partial charge in [0.25, 0.3) is 0 Å². The third-order valence-corrected chi connectivity index (χ3v) is 7.09. The van der Waals surface area contributed by atoms with Gasteiger partial charge in [-0.05, 0) is 36.2 Å². The SMILES string of the molecule is O=C(O)CC[C@H]1N[C@]2(C(=O)Nc3ccc(F)cc32)[C@@H]2C(=O)N(Cc3ccccc3Cl)C(=O)[C@@H]21. The van der Waals surface area contributed by atoms with Gasteiger partial charge < -0.3 is 10.4 Å². The number of nitrogens with zero attached hydrogens (tertiary/aromatic N) is 1. The van der Waals surface area contributed by atoms with Crippen molar-refractivity contribution in [3.8, 4) is 0 Å². The highest BCUT2D eigenvalue weighted by Gasteiger charge is 2.70. The van der Waals surface area contributed by atoms with Crippen molar-refractivity contribution in [1.82, 2.24) is 10.2 Å². The predicted octanol–water partition coefficient (Wildman–Crippen LogP) is 2.26. The first-order chi connectivity index (χ1) is 15.7. The molecule has 3 aliphatic rings. The molecule has 5 rings (SSSR count). The van der Waals surface area contributed by atoms with Crippen LogP contribution in [0.2, 0.25) is 5.02 Å². The van der Waals surface area contributed by atoms with E-state index in [9.17, 15) is 28.7 Å². The number of hydrogen-bond donors (Lipinski definition) is 3. The molecule has 0 saturated carbocycles. The van der Waals surface area contributed by atoms with Crippen LogP contribution in [-0.4, -0.2) is 39.7 Å². The van der Waals surface area contributed by atoms with E-state index in [0.717, 1.165) is 4.90 Å². The van der Waals surface area contributed by atoms with Crippen LogP contribution in [0, 0.1) is 17.7 Å². The van der Waals surface area contributed by atoms with Crippen molar-refractivity contribution < 1.29 is 28.7 Å². The number of hydrogen-bond acceptors (Lipinski definition) is 5. The number of carbonyl (C=O) groups excluding carboxylic acids is 3. The van der Waals surface area contributed by atoms with Crippen LogP contribution in [0.3, 0.4) is 0 Å². The van der Waals surface area contributed by atoms with Crippen molar-refractivity contribution in [1.29, 1.82) is 0 Å². The van der Waals surface area contributed by atoms with Gasteiger partial charge >= 0.3 is 5.97 Å². The first-order valence-corrected chi connectivity index (χ1v) is 10.8. The topological polar surface area (TPSA) is 116 Å². The molecule has 0 unspecified atom stereocenters. The molecule has 2 aromatic carbocycles. The Kier molecular flexibility index (Phi) is 4.98. The Labute approximate surface area is 192 Å². The van der Waals surface area contributed by atoms with Gasteiger partial charge in [-0.1, -0.05) is 29.8 Å². The van der Waals surface area contributed by atoms with Crippen LogP contribution in [0.4, 0.5) is 10.1 Å². The summed E-state index contributed by atoms with van der Waals surface area (Å²) in [6, 6.07) is 9.80. The highest BCUT2D eigenvalue weighted by molar-refractivity contribution is 6.31. The van der Waals surface area contributed by atoms with E-state index in [4.69, 9.17) is 11.6 Å². The average Bonchev–Trinajstić information content (AvgIpc) is 3.34. The van der Waals surface area contributed by atoms with Gasteiger partial charge in [0.1, 0.15) is 11.4 Å². The smallest absolute Gasteiger partial charge is 0.303 e. The van der Waals surface area contributed by atoms with Gasteiger partial charge in [0.2, 0.25) is 17.7 Å². The summed E-state index contributed by atoms with van der Waals surface area (Å²) in [5.41, 5.74) is -0.530. The zero-order valence-corrected chi connectivity index (χ0v) is 17.9. The molecule has 8 nitrogen and oxygen atoms in total. The summed E-state index contributed by atoms with van der Waals surface area (Å²) >= 11 is 6.23. The molecule has 3 N–H and O–H groups in total. The van der Waals surface area contributed by atoms with Crippen molar-refractivity contribution in [2.24, 2.45) is 11.8 Å². The van der Waals surface area contributed by atoms with Gasteiger partial charge in [0, 0.05) is 28.7 Å². The lowest BCUT2D eigenvalue weighted by molar-refractivity contribution is -0.144. The van der Waals surface area contributed by atoms with Gasteiger partial charge in [-0.15, -0.1) is 0 Å². The summed E-state index contributed by atoms with van der Waals surface area (Å²) in [4.78, 5) is 52.6. The number of likely N-dealkylation sites (tertiary alicyclic amines) is 1. The van der Waals surface area contributed by atoms with Crippen molar-refractivity contribution in [2.45, 2.75) is 31.0 Å².